The summed E-state index contributed by atoms with van der Waals surface area (Å²) in [6.45, 7) is 5.31. The van der Waals surface area contributed by atoms with E-state index in [0.29, 0.717) is 17.6 Å². The summed E-state index contributed by atoms with van der Waals surface area (Å²) in [6, 6.07) is 12.4. The molecule has 2 aliphatic carbocycles. The lowest BCUT2D eigenvalue weighted by molar-refractivity contribution is 0.0894. The van der Waals surface area contributed by atoms with Gasteiger partial charge in [0, 0.05) is 31.5 Å². The Kier molecular flexibility index (Phi) is 4.75. The lowest BCUT2D eigenvalue weighted by atomic mass is 9.89. The fourth-order valence-corrected chi connectivity index (χ4v) is 5.78. The van der Waals surface area contributed by atoms with Crippen LogP contribution in [0.5, 0.6) is 0 Å². The molecule has 0 spiro atoms. The molecule has 2 aromatic rings. The Morgan fingerprint density at radius 1 is 1.07 bits per heavy atom. The van der Waals surface area contributed by atoms with Crippen molar-refractivity contribution in [2.45, 2.75) is 51.0 Å². The van der Waals surface area contributed by atoms with Crippen LogP contribution in [-0.4, -0.2) is 30.4 Å². The zero-order valence-corrected chi connectivity index (χ0v) is 16.7. The maximum absolute atomic E-state index is 12.8. The molecule has 0 radical (unpaired) electrons. The van der Waals surface area contributed by atoms with Crippen molar-refractivity contribution in [2.75, 3.05) is 19.6 Å². The molecular formula is C24H30N2O2. The van der Waals surface area contributed by atoms with E-state index in [2.05, 4.69) is 34.5 Å². The van der Waals surface area contributed by atoms with Crippen molar-refractivity contribution in [3.8, 4) is 0 Å². The molecule has 1 aliphatic heterocycles. The van der Waals surface area contributed by atoms with Crippen molar-refractivity contribution in [3.63, 3.8) is 0 Å². The summed E-state index contributed by atoms with van der Waals surface area (Å²) < 4.78 is 5.55. The fraction of sp³-hybridized carbons (Fsp3) is 0.542. The second-order valence-corrected chi connectivity index (χ2v) is 8.98. The van der Waals surface area contributed by atoms with Gasteiger partial charge in [-0.25, -0.2) is 0 Å². The summed E-state index contributed by atoms with van der Waals surface area (Å²) in [5, 5.41) is 3.30. The molecule has 1 saturated carbocycles. The Balaban J connectivity index is 1.34. The molecule has 1 aromatic heterocycles. The average molecular weight is 379 g/mol. The van der Waals surface area contributed by atoms with Crippen molar-refractivity contribution < 1.29 is 9.21 Å². The van der Waals surface area contributed by atoms with Crippen molar-refractivity contribution in [2.24, 2.45) is 11.8 Å². The quantitative estimate of drug-likeness (QED) is 0.841. The van der Waals surface area contributed by atoms with Gasteiger partial charge < -0.3 is 14.6 Å². The molecular weight excluding hydrogens is 348 g/mol. The number of hydrogen-bond acceptors (Lipinski definition) is 3. The van der Waals surface area contributed by atoms with E-state index < -0.39 is 0 Å². The number of carbonyl (C=O) groups excluding carboxylic acids is 1. The van der Waals surface area contributed by atoms with E-state index >= 15 is 0 Å². The number of rotatable bonds is 4. The van der Waals surface area contributed by atoms with Gasteiger partial charge in [-0.1, -0.05) is 43.5 Å². The topological polar surface area (TPSA) is 45.5 Å². The highest BCUT2D eigenvalue weighted by Crippen LogP contribution is 2.49. The number of furan rings is 1. The normalized spacial score (nSPS) is 27.5. The Morgan fingerprint density at radius 3 is 2.61 bits per heavy atom. The van der Waals surface area contributed by atoms with Crippen LogP contribution in [0.25, 0.3) is 0 Å². The molecule has 4 nitrogen and oxygen atoms in total. The van der Waals surface area contributed by atoms with E-state index in [1.54, 1.807) is 6.07 Å². The standard InChI is InChI=1S/C24H30N2O2/c1-16-11-12-22(28-16)24(27)25-23-19-10-6-5-9-18(19)20-14-26(15-21(20)23)13-17-7-3-2-4-8-17/h5-6,9-12,17,20-21,23H,2-4,7-8,13-15H2,1H3,(H,25,27)/t20-,21-,23+/m0/s1. The van der Waals surface area contributed by atoms with Crippen molar-refractivity contribution in [1.29, 1.82) is 0 Å². The third-order valence-electron chi connectivity index (χ3n) is 7.09. The van der Waals surface area contributed by atoms with E-state index in [1.165, 1.54) is 49.8 Å². The van der Waals surface area contributed by atoms with Crippen LogP contribution >= 0.6 is 0 Å². The highest BCUT2D eigenvalue weighted by molar-refractivity contribution is 5.92. The molecule has 0 unspecified atom stereocenters. The SMILES string of the molecule is Cc1ccc(C(=O)N[C@@H]2c3ccccc3[C@@H]3CN(CC4CCCCC4)C[C@H]23)o1. The molecule has 1 amide bonds. The lowest BCUT2D eigenvalue weighted by Crippen LogP contribution is -2.34. The predicted octanol–water partition coefficient (Wildman–Crippen LogP) is 4.67. The number of benzene rings is 1. The molecule has 5 rings (SSSR count). The van der Waals surface area contributed by atoms with Gasteiger partial charge in [0.2, 0.25) is 0 Å². The zero-order valence-electron chi connectivity index (χ0n) is 16.7. The van der Waals surface area contributed by atoms with Crippen LogP contribution in [0.4, 0.5) is 0 Å². The minimum Gasteiger partial charge on any atom is -0.456 e. The number of amides is 1. The molecule has 2 heterocycles. The van der Waals surface area contributed by atoms with Crippen LogP contribution in [0.3, 0.4) is 0 Å². The first-order valence-electron chi connectivity index (χ1n) is 10.9. The number of nitrogens with one attached hydrogen (secondary N) is 1. The third-order valence-corrected chi connectivity index (χ3v) is 7.09. The maximum atomic E-state index is 12.8. The van der Waals surface area contributed by atoms with E-state index in [9.17, 15) is 4.79 Å². The number of nitrogens with zero attached hydrogens (tertiary/aromatic N) is 1. The fourth-order valence-electron chi connectivity index (χ4n) is 5.78. The second-order valence-electron chi connectivity index (χ2n) is 8.98. The summed E-state index contributed by atoms with van der Waals surface area (Å²) in [4.78, 5) is 15.5. The highest BCUT2D eigenvalue weighted by Gasteiger charge is 2.47. The molecule has 0 bridgehead atoms. The molecule has 1 aromatic carbocycles. The highest BCUT2D eigenvalue weighted by atomic mass is 16.3. The number of fused-ring (bicyclic) bond motifs is 3. The number of hydrogen-bond donors (Lipinski definition) is 1. The smallest absolute Gasteiger partial charge is 0.287 e. The second kappa shape index (κ2) is 7.40. The van der Waals surface area contributed by atoms with Gasteiger partial charge in [-0.3, -0.25) is 4.79 Å². The third kappa shape index (κ3) is 3.28. The monoisotopic (exact) mass is 378 g/mol. The zero-order chi connectivity index (χ0) is 19.1. The largest absolute Gasteiger partial charge is 0.456 e. The molecule has 3 aliphatic rings. The summed E-state index contributed by atoms with van der Waals surface area (Å²) >= 11 is 0. The van der Waals surface area contributed by atoms with Crippen LogP contribution in [0, 0.1) is 18.8 Å². The van der Waals surface area contributed by atoms with E-state index in [1.807, 2.05) is 13.0 Å². The molecule has 1 N–H and O–H groups in total. The first-order valence-corrected chi connectivity index (χ1v) is 10.9. The summed E-state index contributed by atoms with van der Waals surface area (Å²) in [6.07, 6.45) is 6.99. The first kappa shape index (κ1) is 18.0. The number of aryl methyl sites for hydroxylation is 1. The van der Waals surface area contributed by atoms with E-state index in [0.717, 1.165) is 24.8 Å². The Morgan fingerprint density at radius 2 is 1.86 bits per heavy atom. The van der Waals surface area contributed by atoms with Gasteiger partial charge in [0.25, 0.3) is 5.91 Å². The van der Waals surface area contributed by atoms with Crippen LogP contribution in [0.1, 0.15) is 71.5 Å². The molecule has 2 fully saturated rings. The van der Waals surface area contributed by atoms with Crippen LogP contribution in [0.15, 0.2) is 40.8 Å². The van der Waals surface area contributed by atoms with Crippen molar-refractivity contribution in [1.82, 2.24) is 10.2 Å². The minimum absolute atomic E-state index is 0.0791. The van der Waals surface area contributed by atoms with Gasteiger partial charge in [-0.15, -0.1) is 0 Å². The van der Waals surface area contributed by atoms with Crippen molar-refractivity contribution in [3.05, 3.63) is 59.0 Å². The minimum atomic E-state index is -0.0979. The van der Waals surface area contributed by atoms with Gasteiger partial charge in [0.15, 0.2) is 5.76 Å². The molecule has 4 heteroatoms. The molecule has 148 valence electrons. The first-order chi connectivity index (χ1) is 13.7. The van der Waals surface area contributed by atoms with Gasteiger partial charge >= 0.3 is 0 Å². The molecule has 1 saturated heterocycles. The van der Waals surface area contributed by atoms with E-state index in [-0.39, 0.29) is 11.9 Å². The summed E-state index contributed by atoms with van der Waals surface area (Å²) in [7, 11) is 0. The lowest BCUT2D eigenvalue weighted by Gasteiger charge is -2.28. The van der Waals surface area contributed by atoms with Gasteiger partial charge in [0.1, 0.15) is 5.76 Å². The Hall–Kier alpha value is -2.07. The van der Waals surface area contributed by atoms with Crippen LogP contribution in [0.2, 0.25) is 0 Å². The van der Waals surface area contributed by atoms with E-state index in [4.69, 9.17) is 4.42 Å². The van der Waals surface area contributed by atoms with Crippen LogP contribution in [-0.2, 0) is 0 Å². The predicted molar refractivity (Wildman–Crippen MR) is 109 cm³/mol. The summed E-state index contributed by atoms with van der Waals surface area (Å²) in [5.41, 5.74) is 2.73. The summed E-state index contributed by atoms with van der Waals surface area (Å²) in [5.74, 6) is 2.94. The Labute approximate surface area is 167 Å². The van der Waals surface area contributed by atoms with Gasteiger partial charge in [-0.05, 0) is 48.9 Å². The average Bonchev–Trinajstić information content (AvgIpc) is 3.39. The van der Waals surface area contributed by atoms with Gasteiger partial charge in [0.05, 0.1) is 6.04 Å². The van der Waals surface area contributed by atoms with Crippen LogP contribution < -0.4 is 5.32 Å². The van der Waals surface area contributed by atoms with Crippen molar-refractivity contribution >= 4 is 5.91 Å². The molecule has 3 atom stereocenters. The Bertz CT molecular complexity index is 852. The number of carbonyl (C=O) groups is 1. The molecule has 28 heavy (non-hydrogen) atoms. The number of likely N-dealkylation sites (tertiary alicyclic amines) is 1. The van der Waals surface area contributed by atoms with Gasteiger partial charge in [-0.2, -0.15) is 0 Å². The maximum Gasteiger partial charge on any atom is 0.287 e.